The molecule has 0 amide bonds. The molecule has 1 heterocycles. The quantitative estimate of drug-likeness (QED) is 0.538. The highest BCUT2D eigenvalue weighted by atomic mass is 16.6. The molecule has 1 rings (SSSR count). The molecule has 112 valence electrons. The fraction of sp³-hybridized carbons (Fsp3) is 0.643. The zero-order valence-corrected chi connectivity index (χ0v) is 12.2. The Morgan fingerprint density at radius 1 is 1.30 bits per heavy atom. The van der Waals surface area contributed by atoms with Gasteiger partial charge in [-0.2, -0.15) is 0 Å². The number of aromatic nitrogens is 2. The summed E-state index contributed by atoms with van der Waals surface area (Å²) in [5.74, 6) is -0.851. The fourth-order valence-corrected chi connectivity index (χ4v) is 1.96. The summed E-state index contributed by atoms with van der Waals surface area (Å²) in [6, 6.07) is 0.230. The normalized spacial score (nSPS) is 13.6. The zero-order valence-electron chi connectivity index (χ0n) is 12.2. The standard InChI is InChI=1S/C14H22N2O4/c1-4-13(16-6-5-15-10-16)9-11(2)14(18)20-8-7-19-12(3)17/h5-6,10-11,13H,4,7-9H2,1-3H3. The molecule has 0 aliphatic heterocycles. The van der Waals surface area contributed by atoms with Crippen molar-refractivity contribution >= 4 is 11.9 Å². The van der Waals surface area contributed by atoms with Crippen molar-refractivity contribution in [3.05, 3.63) is 18.7 Å². The lowest BCUT2D eigenvalue weighted by molar-refractivity contribution is -0.154. The Labute approximate surface area is 119 Å². The van der Waals surface area contributed by atoms with Crippen LogP contribution in [0.25, 0.3) is 0 Å². The van der Waals surface area contributed by atoms with E-state index in [0.29, 0.717) is 6.42 Å². The minimum atomic E-state index is -0.375. The van der Waals surface area contributed by atoms with Gasteiger partial charge in [0.15, 0.2) is 0 Å². The van der Waals surface area contributed by atoms with Gasteiger partial charge in [0, 0.05) is 25.4 Å². The van der Waals surface area contributed by atoms with Crippen LogP contribution in [0.1, 0.15) is 39.7 Å². The van der Waals surface area contributed by atoms with Gasteiger partial charge in [0.25, 0.3) is 0 Å². The summed E-state index contributed by atoms with van der Waals surface area (Å²) in [5.41, 5.74) is 0. The van der Waals surface area contributed by atoms with Crippen LogP contribution in [0.15, 0.2) is 18.7 Å². The van der Waals surface area contributed by atoms with Gasteiger partial charge in [-0.1, -0.05) is 13.8 Å². The van der Waals surface area contributed by atoms with Crippen molar-refractivity contribution in [1.29, 1.82) is 0 Å². The van der Waals surface area contributed by atoms with Gasteiger partial charge in [0.1, 0.15) is 13.2 Å². The maximum Gasteiger partial charge on any atom is 0.308 e. The second-order valence-corrected chi connectivity index (χ2v) is 4.72. The summed E-state index contributed by atoms with van der Waals surface area (Å²) < 4.78 is 11.8. The summed E-state index contributed by atoms with van der Waals surface area (Å²) >= 11 is 0. The van der Waals surface area contributed by atoms with E-state index in [-0.39, 0.29) is 37.1 Å². The Morgan fingerprint density at radius 3 is 2.55 bits per heavy atom. The maximum atomic E-state index is 11.8. The third-order valence-electron chi connectivity index (χ3n) is 3.08. The van der Waals surface area contributed by atoms with Crippen molar-refractivity contribution in [1.82, 2.24) is 9.55 Å². The highest BCUT2D eigenvalue weighted by Crippen LogP contribution is 2.21. The van der Waals surface area contributed by atoms with Gasteiger partial charge < -0.3 is 14.0 Å². The van der Waals surface area contributed by atoms with Crippen LogP contribution in [0.5, 0.6) is 0 Å². The Kier molecular flexibility index (Phi) is 6.76. The van der Waals surface area contributed by atoms with Crippen LogP contribution >= 0.6 is 0 Å². The number of carbonyl (C=O) groups excluding carboxylic acids is 2. The third kappa shape index (κ3) is 5.42. The molecule has 0 saturated carbocycles. The first-order valence-electron chi connectivity index (χ1n) is 6.82. The number of imidazole rings is 1. The van der Waals surface area contributed by atoms with Gasteiger partial charge in [-0.25, -0.2) is 4.98 Å². The van der Waals surface area contributed by atoms with Crippen molar-refractivity contribution in [3.63, 3.8) is 0 Å². The summed E-state index contributed by atoms with van der Waals surface area (Å²) in [7, 11) is 0. The first kappa shape index (κ1) is 16.2. The molecule has 1 aromatic heterocycles. The number of esters is 2. The molecule has 0 bridgehead atoms. The van der Waals surface area contributed by atoms with E-state index in [1.165, 1.54) is 6.92 Å². The largest absolute Gasteiger partial charge is 0.462 e. The van der Waals surface area contributed by atoms with E-state index in [1.54, 1.807) is 12.5 Å². The van der Waals surface area contributed by atoms with E-state index < -0.39 is 0 Å². The lowest BCUT2D eigenvalue weighted by atomic mass is 10.00. The van der Waals surface area contributed by atoms with Crippen molar-refractivity contribution in [2.75, 3.05) is 13.2 Å². The van der Waals surface area contributed by atoms with Gasteiger partial charge in [0.2, 0.25) is 0 Å². The molecule has 1 aromatic rings. The van der Waals surface area contributed by atoms with Crippen LogP contribution in [-0.4, -0.2) is 34.7 Å². The molecule has 6 heteroatoms. The van der Waals surface area contributed by atoms with Crippen LogP contribution in [0.4, 0.5) is 0 Å². The molecule has 6 nitrogen and oxygen atoms in total. The predicted octanol–water partition coefficient (Wildman–Crippen LogP) is 1.97. The van der Waals surface area contributed by atoms with E-state index in [4.69, 9.17) is 9.47 Å². The van der Waals surface area contributed by atoms with Crippen LogP contribution in [0, 0.1) is 5.92 Å². The van der Waals surface area contributed by atoms with Crippen LogP contribution < -0.4 is 0 Å². The van der Waals surface area contributed by atoms with E-state index in [9.17, 15) is 9.59 Å². The number of hydrogen-bond donors (Lipinski definition) is 0. The molecule has 0 aromatic carbocycles. The molecule has 0 saturated heterocycles. The molecule has 20 heavy (non-hydrogen) atoms. The average molecular weight is 282 g/mol. The Bertz CT molecular complexity index is 417. The smallest absolute Gasteiger partial charge is 0.308 e. The summed E-state index contributed by atoms with van der Waals surface area (Å²) in [6.07, 6.45) is 6.99. The second-order valence-electron chi connectivity index (χ2n) is 4.72. The summed E-state index contributed by atoms with van der Waals surface area (Å²) in [5, 5.41) is 0. The molecule has 2 unspecified atom stereocenters. The molecule has 0 aliphatic rings. The molecule has 0 radical (unpaired) electrons. The zero-order chi connectivity index (χ0) is 15.0. The van der Waals surface area contributed by atoms with Crippen LogP contribution in [0.2, 0.25) is 0 Å². The van der Waals surface area contributed by atoms with Crippen LogP contribution in [-0.2, 0) is 19.1 Å². The monoisotopic (exact) mass is 282 g/mol. The average Bonchev–Trinajstić information content (AvgIpc) is 2.94. The first-order valence-corrected chi connectivity index (χ1v) is 6.82. The number of carbonyl (C=O) groups is 2. The predicted molar refractivity (Wildman–Crippen MR) is 72.9 cm³/mol. The molecule has 0 aliphatic carbocycles. The van der Waals surface area contributed by atoms with Crippen LogP contribution in [0.3, 0.4) is 0 Å². The number of ether oxygens (including phenoxy) is 2. The van der Waals surface area contributed by atoms with Crippen molar-refractivity contribution in [2.45, 2.75) is 39.7 Å². The summed E-state index contributed by atoms with van der Waals surface area (Å²) in [6.45, 7) is 5.44. The molecule has 0 N–H and O–H groups in total. The van der Waals surface area contributed by atoms with E-state index >= 15 is 0 Å². The fourth-order valence-electron chi connectivity index (χ4n) is 1.96. The van der Waals surface area contributed by atoms with Gasteiger partial charge in [0.05, 0.1) is 12.2 Å². The van der Waals surface area contributed by atoms with Gasteiger partial charge in [-0.05, 0) is 12.8 Å². The molecule has 2 atom stereocenters. The topological polar surface area (TPSA) is 70.4 Å². The SMILES string of the molecule is CCC(CC(C)C(=O)OCCOC(C)=O)n1ccnc1. The molecular formula is C14H22N2O4. The van der Waals surface area contributed by atoms with Gasteiger partial charge in [-0.15, -0.1) is 0 Å². The van der Waals surface area contributed by atoms with Crippen molar-refractivity contribution < 1.29 is 19.1 Å². The number of nitrogens with zero attached hydrogens (tertiary/aromatic N) is 2. The Morgan fingerprint density at radius 2 is 2.00 bits per heavy atom. The number of hydrogen-bond acceptors (Lipinski definition) is 5. The van der Waals surface area contributed by atoms with E-state index in [2.05, 4.69) is 11.9 Å². The third-order valence-corrected chi connectivity index (χ3v) is 3.08. The minimum Gasteiger partial charge on any atom is -0.462 e. The van der Waals surface area contributed by atoms with E-state index in [0.717, 1.165) is 6.42 Å². The van der Waals surface area contributed by atoms with E-state index in [1.807, 2.05) is 17.7 Å². The van der Waals surface area contributed by atoms with Crippen molar-refractivity contribution in [3.8, 4) is 0 Å². The molecule has 0 spiro atoms. The molecular weight excluding hydrogens is 260 g/mol. The highest BCUT2D eigenvalue weighted by Gasteiger charge is 2.20. The minimum absolute atomic E-state index is 0.102. The highest BCUT2D eigenvalue weighted by molar-refractivity contribution is 5.72. The summed E-state index contributed by atoms with van der Waals surface area (Å²) in [4.78, 5) is 26.4. The lowest BCUT2D eigenvalue weighted by Crippen LogP contribution is -2.21. The Hall–Kier alpha value is -1.85. The second kappa shape index (κ2) is 8.35. The Balaban J connectivity index is 2.35. The maximum absolute atomic E-state index is 11.8. The lowest BCUT2D eigenvalue weighted by Gasteiger charge is -2.20. The van der Waals surface area contributed by atoms with Gasteiger partial charge >= 0.3 is 11.9 Å². The van der Waals surface area contributed by atoms with Gasteiger partial charge in [-0.3, -0.25) is 9.59 Å². The first-order chi connectivity index (χ1) is 9.54. The van der Waals surface area contributed by atoms with Crippen molar-refractivity contribution in [2.24, 2.45) is 5.92 Å². The molecule has 0 fully saturated rings. The number of rotatable bonds is 8.